The molecule has 0 saturated heterocycles. The first-order valence-electron chi connectivity index (χ1n) is 9.70. The maximum absolute atomic E-state index is 12.0. The van der Waals surface area contributed by atoms with Crippen molar-refractivity contribution in [2.24, 2.45) is 5.10 Å². The van der Waals surface area contributed by atoms with E-state index in [9.17, 15) is 4.79 Å². The van der Waals surface area contributed by atoms with Crippen molar-refractivity contribution in [3.63, 3.8) is 0 Å². The van der Waals surface area contributed by atoms with Crippen molar-refractivity contribution in [3.8, 4) is 0 Å². The van der Waals surface area contributed by atoms with Crippen molar-refractivity contribution >= 4 is 33.8 Å². The standard InChI is InChI=1S/C25H19N3O2/c29-25(24-10-5-13-30-24)27-26-15-21-17-28(23-9-4-3-8-22(21)23)16-18-11-12-19-6-1-2-7-20(19)14-18/h1-15,17H,16H2,(H,27,29)/b26-15-. The fourth-order valence-corrected chi connectivity index (χ4v) is 3.67. The molecule has 5 rings (SSSR count). The first-order chi connectivity index (χ1) is 14.8. The van der Waals surface area contributed by atoms with Crippen LogP contribution in [0.2, 0.25) is 0 Å². The average molecular weight is 393 g/mol. The van der Waals surface area contributed by atoms with Gasteiger partial charge < -0.3 is 8.98 Å². The predicted molar refractivity (Wildman–Crippen MR) is 119 cm³/mol. The summed E-state index contributed by atoms with van der Waals surface area (Å²) in [5.74, 6) is -0.151. The Kier molecular flexibility index (Phi) is 4.62. The summed E-state index contributed by atoms with van der Waals surface area (Å²) in [4.78, 5) is 12.0. The molecule has 1 N–H and O–H groups in total. The zero-order chi connectivity index (χ0) is 20.3. The summed E-state index contributed by atoms with van der Waals surface area (Å²) < 4.78 is 7.28. The molecule has 0 aliphatic rings. The maximum atomic E-state index is 12.0. The second kappa shape index (κ2) is 7.72. The number of carbonyl (C=O) groups is 1. The van der Waals surface area contributed by atoms with E-state index in [1.807, 2.05) is 12.1 Å². The fourth-order valence-electron chi connectivity index (χ4n) is 3.67. The molecule has 0 radical (unpaired) electrons. The van der Waals surface area contributed by atoms with E-state index < -0.39 is 0 Å². The minimum atomic E-state index is -0.379. The van der Waals surface area contributed by atoms with E-state index in [-0.39, 0.29) is 11.7 Å². The molecule has 0 fully saturated rings. The van der Waals surface area contributed by atoms with Gasteiger partial charge in [0.1, 0.15) is 0 Å². The van der Waals surface area contributed by atoms with Crippen LogP contribution >= 0.6 is 0 Å². The fraction of sp³-hybridized carbons (Fsp3) is 0.0400. The Bertz CT molecular complexity index is 1360. The number of hydrogen-bond acceptors (Lipinski definition) is 3. The van der Waals surface area contributed by atoms with Gasteiger partial charge in [-0.1, -0.05) is 54.6 Å². The summed E-state index contributed by atoms with van der Waals surface area (Å²) in [5.41, 5.74) is 5.78. The van der Waals surface area contributed by atoms with Crippen LogP contribution < -0.4 is 5.43 Å². The zero-order valence-electron chi connectivity index (χ0n) is 16.2. The van der Waals surface area contributed by atoms with E-state index >= 15 is 0 Å². The molecule has 0 spiro atoms. The highest BCUT2D eigenvalue weighted by molar-refractivity contribution is 6.00. The molecule has 0 bridgehead atoms. The number of furan rings is 1. The molecule has 0 aliphatic carbocycles. The Morgan fingerprint density at radius 2 is 1.80 bits per heavy atom. The highest BCUT2D eigenvalue weighted by atomic mass is 16.3. The summed E-state index contributed by atoms with van der Waals surface area (Å²) in [5, 5.41) is 7.65. The third kappa shape index (κ3) is 3.49. The van der Waals surface area contributed by atoms with Gasteiger partial charge in [-0.3, -0.25) is 4.79 Å². The number of nitrogens with one attached hydrogen (secondary N) is 1. The number of para-hydroxylation sites is 1. The number of benzene rings is 3. The minimum absolute atomic E-state index is 0.228. The van der Waals surface area contributed by atoms with Crippen molar-refractivity contribution in [1.29, 1.82) is 0 Å². The number of amides is 1. The summed E-state index contributed by atoms with van der Waals surface area (Å²) in [6.45, 7) is 0.748. The Balaban J connectivity index is 1.43. The lowest BCUT2D eigenvalue weighted by molar-refractivity contribution is 0.0927. The third-order valence-electron chi connectivity index (χ3n) is 5.10. The molecule has 0 saturated carbocycles. The van der Waals surface area contributed by atoms with Crippen LogP contribution in [-0.2, 0) is 6.54 Å². The van der Waals surface area contributed by atoms with Gasteiger partial charge in [-0.15, -0.1) is 0 Å². The highest BCUT2D eigenvalue weighted by Gasteiger charge is 2.09. The van der Waals surface area contributed by atoms with Crippen molar-refractivity contribution < 1.29 is 9.21 Å². The summed E-state index contributed by atoms with van der Waals surface area (Å²) >= 11 is 0. The molecule has 0 atom stereocenters. The van der Waals surface area contributed by atoms with Gasteiger partial charge in [0.2, 0.25) is 0 Å². The van der Waals surface area contributed by atoms with Gasteiger partial charge in [0.25, 0.3) is 0 Å². The molecule has 0 unspecified atom stereocenters. The Hall–Kier alpha value is -4.12. The normalized spacial score (nSPS) is 11.5. The average Bonchev–Trinajstić information content (AvgIpc) is 3.43. The smallest absolute Gasteiger partial charge is 0.307 e. The van der Waals surface area contributed by atoms with Crippen LogP contribution in [0, 0.1) is 0 Å². The molecule has 5 nitrogen and oxygen atoms in total. The number of aromatic nitrogens is 1. The topological polar surface area (TPSA) is 59.5 Å². The Labute approximate surface area is 173 Å². The van der Waals surface area contributed by atoms with Crippen LogP contribution in [0.4, 0.5) is 0 Å². The van der Waals surface area contributed by atoms with Crippen LogP contribution in [-0.4, -0.2) is 16.7 Å². The van der Waals surface area contributed by atoms with E-state index in [0.29, 0.717) is 0 Å². The van der Waals surface area contributed by atoms with Crippen LogP contribution in [0.25, 0.3) is 21.7 Å². The van der Waals surface area contributed by atoms with Gasteiger partial charge in [0, 0.05) is 29.2 Å². The monoisotopic (exact) mass is 393 g/mol. The second-order valence-electron chi connectivity index (χ2n) is 7.09. The molecule has 5 aromatic rings. The summed E-state index contributed by atoms with van der Waals surface area (Å²) in [6, 6.07) is 26.3. The molecule has 1 amide bonds. The number of fused-ring (bicyclic) bond motifs is 2. The lowest BCUT2D eigenvalue weighted by Gasteiger charge is -2.07. The molecule has 2 heterocycles. The number of carbonyl (C=O) groups excluding carboxylic acids is 1. The lowest BCUT2D eigenvalue weighted by atomic mass is 10.1. The van der Waals surface area contributed by atoms with Crippen LogP contribution in [0.1, 0.15) is 21.7 Å². The van der Waals surface area contributed by atoms with Crippen molar-refractivity contribution in [2.45, 2.75) is 6.54 Å². The first kappa shape index (κ1) is 17.9. The second-order valence-corrected chi connectivity index (χ2v) is 7.09. The van der Waals surface area contributed by atoms with Crippen LogP contribution in [0.3, 0.4) is 0 Å². The highest BCUT2D eigenvalue weighted by Crippen LogP contribution is 2.23. The largest absolute Gasteiger partial charge is 0.459 e. The number of hydrogen-bond donors (Lipinski definition) is 1. The summed E-state index contributed by atoms with van der Waals surface area (Å²) in [6.07, 6.45) is 5.18. The SMILES string of the molecule is O=C(N/N=C\c1cn(Cc2ccc3ccccc3c2)c2ccccc12)c1ccco1. The van der Waals surface area contributed by atoms with Gasteiger partial charge in [-0.05, 0) is 40.6 Å². The van der Waals surface area contributed by atoms with E-state index in [1.54, 1.807) is 18.3 Å². The van der Waals surface area contributed by atoms with E-state index in [4.69, 9.17) is 4.42 Å². The molecule has 5 heteroatoms. The van der Waals surface area contributed by atoms with Crippen LogP contribution in [0.15, 0.2) is 101 Å². The van der Waals surface area contributed by atoms with E-state index in [2.05, 4.69) is 75.9 Å². The molecule has 146 valence electrons. The van der Waals surface area contributed by atoms with E-state index in [1.165, 1.54) is 22.6 Å². The van der Waals surface area contributed by atoms with Gasteiger partial charge in [-0.25, -0.2) is 5.43 Å². The third-order valence-corrected chi connectivity index (χ3v) is 5.10. The summed E-state index contributed by atoms with van der Waals surface area (Å²) in [7, 11) is 0. The van der Waals surface area contributed by atoms with Crippen molar-refractivity contribution in [1.82, 2.24) is 9.99 Å². The van der Waals surface area contributed by atoms with Crippen molar-refractivity contribution in [2.75, 3.05) is 0 Å². The van der Waals surface area contributed by atoms with Gasteiger partial charge in [0.15, 0.2) is 5.76 Å². The first-order valence-corrected chi connectivity index (χ1v) is 9.70. The quantitative estimate of drug-likeness (QED) is 0.330. The van der Waals surface area contributed by atoms with Crippen LogP contribution in [0.5, 0.6) is 0 Å². The molecule has 0 aliphatic heterocycles. The van der Waals surface area contributed by atoms with E-state index in [0.717, 1.165) is 23.0 Å². The molecule has 2 aromatic heterocycles. The van der Waals surface area contributed by atoms with Gasteiger partial charge in [-0.2, -0.15) is 5.10 Å². The van der Waals surface area contributed by atoms with Gasteiger partial charge in [0.05, 0.1) is 12.5 Å². The molecule has 30 heavy (non-hydrogen) atoms. The molecular weight excluding hydrogens is 374 g/mol. The lowest BCUT2D eigenvalue weighted by Crippen LogP contribution is -2.16. The minimum Gasteiger partial charge on any atom is -0.459 e. The number of hydrazone groups is 1. The molecule has 3 aromatic carbocycles. The Morgan fingerprint density at radius 3 is 2.67 bits per heavy atom. The number of rotatable bonds is 5. The maximum Gasteiger partial charge on any atom is 0.307 e. The molecular formula is C25H19N3O2. The van der Waals surface area contributed by atoms with Gasteiger partial charge >= 0.3 is 5.91 Å². The Morgan fingerprint density at radius 1 is 0.967 bits per heavy atom. The number of nitrogens with zero attached hydrogens (tertiary/aromatic N) is 2. The predicted octanol–water partition coefficient (Wildman–Crippen LogP) is 5.20. The zero-order valence-corrected chi connectivity index (χ0v) is 16.2. The van der Waals surface area contributed by atoms with Crippen molar-refractivity contribution in [3.05, 3.63) is 108 Å².